The molecule has 1 N–H and O–H groups in total. The van der Waals surface area contributed by atoms with Crippen LogP contribution in [0.1, 0.15) is 17.3 Å². The van der Waals surface area contributed by atoms with E-state index in [9.17, 15) is 9.59 Å². The molecule has 1 aromatic carbocycles. The van der Waals surface area contributed by atoms with Gasteiger partial charge in [-0.3, -0.25) is 14.5 Å². The summed E-state index contributed by atoms with van der Waals surface area (Å²) in [6, 6.07) is 6.75. The van der Waals surface area contributed by atoms with Crippen LogP contribution in [0.5, 0.6) is 0 Å². The number of rotatable bonds is 3. The molecule has 0 unspecified atom stereocenters. The van der Waals surface area contributed by atoms with Gasteiger partial charge in [-0.05, 0) is 31.2 Å². The molecule has 0 radical (unpaired) electrons. The summed E-state index contributed by atoms with van der Waals surface area (Å²) < 4.78 is 0.620. The lowest BCUT2D eigenvalue weighted by atomic mass is 10.2. The third-order valence-electron chi connectivity index (χ3n) is 2.78. The molecular formula is C14H14N2O2S2. The molecule has 4 nitrogen and oxygen atoms in total. The Labute approximate surface area is 127 Å². The van der Waals surface area contributed by atoms with E-state index in [1.807, 2.05) is 0 Å². The molecule has 0 aromatic heterocycles. The normalized spacial score (nSPS) is 14.2. The van der Waals surface area contributed by atoms with Crippen LogP contribution in [0.2, 0.25) is 0 Å². The van der Waals surface area contributed by atoms with Crippen LogP contribution < -0.4 is 5.32 Å². The third-order valence-corrected chi connectivity index (χ3v) is 4.21. The van der Waals surface area contributed by atoms with Crippen LogP contribution in [0.3, 0.4) is 0 Å². The maximum Gasteiger partial charge on any atom is 0.259 e. The Morgan fingerprint density at radius 2 is 2.00 bits per heavy atom. The molecular weight excluding hydrogens is 292 g/mol. The molecule has 1 fully saturated rings. The molecule has 2 amide bonds. The minimum atomic E-state index is -0.235. The first-order chi connectivity index (χ1) is 9.49. The Morgan fingerprint density at radius 1 is 1.35 bits per heavy atom. The van der Waals surface area contributed by atoms with E-state index in [2.05, 4.69) is 11.9 Å². The van der Waals surface area contributed by atoms with Gasteiger partial charge in [0.15, 0.2) is 0 Å². The van der Waals surface area contributed by atoms with E-state index in [0.717, 1.165) is 5.75 Å². The van der Waals surface area contributed by atoms with E-state index in [-0.39, 0.29) is 11.8 Å². The molecule has 1 aromatic rings. The molecule has 1 aliphatic heterocycles. The standard InChI is InChI=1S/C14H14N2O2S2/c1-9(2)12(17)15-11-5-3-10(4-6-11)13(18)16-7-8-20-14(16)19/h3-6H,1,7-8H2,2H3,(H,15,17). The fraction of sp³-hybridized carbons (Fsp3) is 0.214. The van der Waals surface area contributed by atoms with Gasteiger partial charge in [0, 0.05) is 29.1 Å². The summed E-state index contributed by atoms with van der Waals surface area (Å²) in [7, 11) is 0. The van der Waals surface area contributed by atoms with Gasteiger partial charge in [-0.15, -0.1) is 0 Å². The van der Waals surface area contributed by atoms with Crippen LogP contribution in [0, 0.1) is 0 Å². The highest BCUT2D eigenvalue weighted by atomic mass is 32.2. The van der Waals surface area contributed by atoms with Gasteiger partial charge in [0.2, 0.25) is 0 Å². The molecule has 0 spiro atoms. The average molecular weight is 306 g/mol. The van der Waals surface area contributed by atoms with Gasteiger partial charge in [0.05, 0.1) is 0 Å². The summed E-state index contributed by atoms with van der Waals surface area (Å²) in [5.41, 5.74) is 1.63. The van der Waals surface area contributed by atoms with Crippen molar-refractivity contribution in [3.05, 3.63) is 42.0 Å². The largest absolute Gasteiger partial charge is 0.322 e. The Hall–Kier alpha value is -1.66. The van der Waals surface area contributed by atoms with Crippen LogP contribution in [0.4, 0.5) is 5.69 Å². The second-order valence-electron chi connectivity index (χ2n) is 4.38. The SMILES string of the molecule is C=C(C)C(=O)Nc1ccc(C(=O)N2CCSC2=S)cc1. The fourth-order valence-corrected chi connectivity index (χ4v) is 2.87. The Morgan fingerprint density at radius 3 is 2.50 bits per heavy atom. The van der Waals surface area contributed by atoms with Crippen LogP contribution >= 0.6 is 24.0 Å². The predicted octanol–water partition coefficient (Wildman–Crippen LogP) is 2.68. The molecule has 0 saturated carbocycles. The fourth-order valence-electron chi connectivity index (χ4n) is 1.67. The van der Waals surface area contributed by atoms with Crippen molar-refractivity contribution >= 4 is 45.8 Å². The molecule has 20 heavy (non-hydrogen) atoms. The minimum absolute atomic E-state index is 0.0993. The van der Waals surface area contributed by atoms with E-state index in [1.165, 1.54) is 11.8 Å². The monoisotopic (exact) mass is 306 g/mol. The van der Waals surface area contributed by atoms with Crippen LogP contribution in [-0.4, -0.2) is 33.3 Å². The van der Waals surface area contributed by atoms with Crippen molar-refractivity contribution in [3.63, 3.8) is 0 Å². The highest BCUT2D eigenvalue weighted by Crippen LogP contribution is 2.21. The van der Waals surface area contributed by atoms with E-state index >= 15 is 0 Å². The Bertz CT molecular complexity index is 581. The molecule has 6 heteroatoms. The van der Waals surface area contributed by atoms with Gasteiger partial charge >= 0.3 is 0 Å². The van der Waals surface area contributed by atoms with Crippen molar-refractivity contribution in [1.82, 2.24) is 4.90 Å². The van der Waals surface area contributed by atoms with Gasteiger partial charge in [0.25, 0.3) is 11.8 Å². The number of thiocarbonyl (C=S) groups is 1. The van der Waals surface area contributed by atoms with E-state index in [0.29, 0.717) is 27.7 Å². The Kier molecular flexibility index (Phi) is 4.57. The number of hydrogen-bond acceptors (Lipinski definition) is 4. The van der Waals surface area contributed by atoms with Crippen molar-refractivity contribution in [1.29, 1.82) is 0 Å². The van der Waals surface area contributed by atoms with Crippen molar-refractivity contribution in [2.75, 3.05) is 17.6 Å². The van der Waals surface area contributed by atoms with Crippen LogP contribution in [0.15, 0.2) is 36.4 Å². The number of amides is 2. The summed E-state index contributed by atoms with van der Waals surface area (Å²) in [5.74, 6) is 0.510. The first kappa shape index (κ1) is 14.7. The quantitative estimate of drug-likeness (QED) is 0.689. The lowest BCUT2D eigenvalue weighted by Crippen LogP contribution is -2.30. The van der Waals surface area contributed by atoms with E-state index in [1.54, 1.807) is 36.1 Å². The average Bonchev–Trinajstić information content (AvgIpc) is 2.85. The van der Waals surface area contributed by atoms with Crippen molar-refractivity contribution in [2.45, 2.75) is 6.92 Å². The number of anilines is 1. The maximum atomic E-state index is 12.2. The second kappa shape index (κ2) is 6.19. The molecule has 2 rings (SSSR count). The molecule has 0 atom stereocenters. The van der Waals surface area contributed by atoms with E-state index < -0.39 is 0 Å². The van der Waals surface area contributed by atoms with Gasteiger partial charge in [-0.25, -0.2) is 0 Å². The van der Waals surface area contributed by atoms with Gasteiger partial charge in [0.1, 0.15) is 4.32 Å². The van der Waals surface area contributed by atoms with Gasteiger partial charge in [-0.2, -0.15) is 0 Å². The number of benzene rings is 1. The zero-order valence-corrected chi connectivity index (χ0v) is 12.6. The summed E-state index contributed by atoms with van der Waals surface area (Å²) >= 11 is 6.64. The summed E-state index contributed by atoms with van der Waals surface area (Å²) in [5, 5.41) is 2.69. The lowest BCUT2D eigenvalue weighted by Gasteiger charge is -2.14. The predicted molar refractivity (Wildman–Crippen MR) is 86.0 cm³/mol. The van der Waals surface area contributed by atoms with Crippen LogP contribution in [-0.2, 0) is 4.79 Å². The molecule has 1 heterocycles. The lowest BCUT2D eigenvalue weighted by molar-refractivity contribution is -0.112. The number of nitrogens with zero attached hydrogens (tertiary/aromatic N) is 1. The summed E-state index contributed by atoms with van der Waals surface area (Å²) in [6.07, 6.45) is 0. The van der Waals surface area contributed by atoms with Crippen molar-refractivity contribution < 1.29 is 9.59 Å². The van der Waals surface area contributed by atoms with Crippen molar-refractivity contribution in [2.24, 2.45) is 0 Å². The summed E-state index contributed by atoms with van der Waals surface area (Å²) in [6.45, 7) is 5.86. The Balaban J connectivity index is 2.08. The topological polar surface area (TPSA) is 49.4 Å². The van der Waals surface area contributed by atoms with Crippen molar-refractivity contribution in [3.8, 4) is 0 Å². The number of nitrogens with one attached hydrogen (secondary N) is 1. The zero-order chi connectivity index (χ0) is 14.7. The maximum absolute atomic E-state index is 12.2. The number of hydrogen-bond donors (Lipinski definition) is 1. The second-order valence-corrected chi connectivity index (χ2v) is 6.11. The molecule has 1 saturated heterocycles. The highest BCUT2D eigenvalue weighted by Gasteiger charge is 2.24. The third kappa shape index (κ3) is 3.26. The van der Waals surface area contributed by atoms with Crippen LogP contribution in [0.25, 0.3) is 0 Å². The first-order valence-corrected chi connectivity index (χ1v) is 7.44. The van der Waals surface area contributed by atoms with E-state index in [4.69, 9.17) is 12.2 Å². The first-order valence-electron chi connectivity index (χ1n) is 6.04. The molecule has 104 valence electrons. The zero-order valence-electron chi connectivity index (χ0n) is 11.0. The minimum Gasteiger partial charge on any atom is -0.322 e. The highest BCUT2D eigenvalue weighted by molar-refractivity contribution is 8.23. The number of carbonyl (C=O) groups is 2. The molecule has 0 bridgehead atoms. The number of thioether (sulfide) groups is 1. The van der Waals surface area contributed by atoms with Gasteiger partial charge < -0.3 is 5.32 Å². The summed E-state index contributed by atoms with van der Waals surface area (Å²) in [4.78, 5) is 25.3. The molecule has 1 aliphatic rings. The van der Waals surface area contributed by atoms with Gasteiger partial charge in [-0.1, -0.05) is 30.6 Å². The smallest absolute Gasteiger partial charge is 0.259 e. The molecule has 0 aliphatic carbocycles. The number of carbonyl (C=O) groups excluding carboxylic acids is 2.